The van der Waals surface area contributed by atoms with Gasteiger partial charge in [-0.15, -0.1) is 0 Å². The molecule has 0 aromatic carbocycles. The molecular formula is C16H26N2S. The Labute approximate surface area is 122 Å². The summed E-state index contributed by atoms with van der Waals surface area (Å²) in [4.78, 5) is 8.17. The highest BCUT2D eigenvalue weighted by atomic mass is 32.1. The van der Waals surface area contributed by atoms with E-state index in [0.29, 0.717) is 5.92 Å². The molecule has 0 bridgehead atoms. The number of hydrogen-bond donors (Lipinski definition) is 1. The second-order valence-electron chi connectivity index (χ2n) is 5.89. The normalized spacial score (nSPS) is 23.5. The van der Waals surface area contributed by atoms with Crippen LogP contribution in [0.15, 0.2) is 0 Å². The summed E-state index contributed by atoms with van der Waals surface area (Å²) < 4.78 is 0.810. The maximum absolute atomic E-state index is 5.43. The van der Waals surface area contributed by atoms with E-state index in [4.69, 9.17) is 12.2 Å². The van der Waals surface area contributed by atoms with Gasteiger partial charge in [0, 0.05) is 17.2 Å². The molecule has 0 radical (unpaired) electrons. The third-order valence-electron chi connectivity index (χ3n) is 4.53. The van der Waals surface area contributed by atoms with Crippen LogP contribution < -0.4 is 0 Å². The lowest BCUT2D eigenvalue weighted by Crippen LogP contribution is -2.16. The van der Waals surface area contributed by atoms with Crippen LogP contribution in [0.4, 0.5) is 0 Å². The molecule has 3 heteroatoms. The Hall–Kier alpha value is -0.700. The fraction of sp³-hybridized carbons (Fsp3) is 0.750. The second-order valence-corrected chi connectivity index (χ2v) is 6.28. The zero-order valence-electron chi connectivity index (χ0n) is 12.5. The molecule has 2 nitrogen and oxygen atoms in total. The topological polar surface area (TPSA) is 28.7 Å². The van der Waals surface area contributed by atoms with E-state index in [2.05, 4.69) is 30.7 Å². The van der Waals surface area contributed by atoms with Gasteiger partial charge in [0.05, 0.1) is 0 Å². The molecule has 0 unspecified atom stereocenters. The lowest BCUT2D eigenvalue weighted by atomic mass is 9.80. The van der Waals surface area contributed by atoms with Gasteiger partial charge in [0.2, 0.25) is 0 Å². The number of hydrogen-bond acceptors (Lipinski definition) is 2. The smallest absolute Gasteiger partial charge is 0.133 e. The van der Waals surface area contributed by atoms with Crippen LogP contribution in [-0.4, -0.2) is 9.97 Å². The Kier molecular flexibility index (Phi) is 5.14. The molecule has 0 atom stereocenters. The van der Waals surface area contributed by atoms with Crippen LogP contribution in [0.2, 0.25) is 0 Å². The van der Waals surface area contributed by atoms with Crippen molar-refractivity contribution >= 4 is 12.2 Å². The Morgan fingerprint density at radius 1 is 1.21 bits per heavy atom. The lowest BCUT2D eigenvalue weighted by Gasteiger charge is -2.28. The van der Waals surface area contributed by atoms with Crippen molar-refractivity contribution in [3.8, 4) is 0 Å². The van der Waals surface area contributed by atoms with Gasteiger partial charge in [-0.3, -0.25) is 0 Å². The maximum Gasteiger partial charge on any atom is 0.133 e. The lowest BCUT2D eigenvalue weighted by molar-refractivity contribution is 0.302. The van der Waals surface area contributed by atoms with Crippen molar-refractivity contribution in [1.82, 2.24) is 9.97 Å². The summed E-state index contributed by atoms with van der Waals surface area (Å²) in [5.74, 6) is 2.68. The molecule has 1 aliphatic rings. The number of aryl methyl sites for hydroxylation is 1. The van der Waals surface area contributed by atoms with E-state index < -0.39 is 0 Å². The van der Waals surface area contributed by atoms with Gasteiger partial charge in [-0.25, -0.2) is 4.98 Å². The first-order valence-electron chi connectivity index (χ1n) is 7.75. The summed E-state index contributed by atoms with van der Waals surface area (Å²) in [6.45, 7) is 6.56. The van der Waals surface area contributed by atoms with Crippen molar-refractivity contribution in [2.75, 3.05) is 0 Å². The van der Waals surface area contributed by atoms with E-state index in [1.807, 2.05) is 0 Å². The molecule has 1 aromatic heterocycles. The van der Waals surface area contributed by atoms with Crippen LogP contribution in [0, 0.1) is 17.5 Å². The van der Waals surface area contributed by atoms with Gasteiger partial charge in [0.25, 0.3) is 0 Å². The third kappa shape index (κ3) is 3.44. The molecule has 1 aromatic rings. The van der Waals surface area contributed by atoms with Crippen molar-refractivity contribution in [2.24, 2.45) is 5.92 Å². The van der Waals surface area contributed by atoms with Crippen LogP contribution in [0.1, 0.15) is 75.4 Å². The van der Waals surface area contributed by atoms with Crippen LogP contribution in [-0.2, 0) is 6.42 Å². The largest absolute Gasteiger partial charge is 0.347 e. The zero-order valence-corrected chi connectivity index (χ0v) is 13.3. The van der Waals surface area contributed by atoms with Crippen molar-refractivity contribution in [2.45, 2.75) is 71.6 Å². The van der Waals surface area contributed by atoms with Gasteiger partial charge in [0.1, 0.15) is 10.5 Å². The standard InChI is InChI=1S/C16H26N2S/c1-4-6-12-7-9-13(10-8-12)15-17-11(3)14(5-2)16(19)18-15/h12-13H,4-10H2,1-3H3,(H,17,18,19). The fourth-order valence-electron chi connectivity index (χ4n) is 3.38. The van der Waals surface area contributed by atoms with Crippen LogP contribution in [0.25, 0.3) is 0 Å². The van der Waals surface area contributed by atoms with E-state index in [1.165, 1.54) is 49.8 Å². The van der Waals surface area contributed by atoms with Gasteiger partial charge < -0.3 is 4.98 Å². The Bertz CT molecular complexity index is 470. The molecule has 1 saturated carbocycles. The monoisotopic (exact) mass is 278 g/mol. The predicted molar refractivity (Wildman–Crippen MR) is 83.1 cm³/mol. The van der Waals surface area contributed by atoms with Crippen LogP contribution in [0.5, 0.6) is 0 Å². The zero-order chi connectivity index (χ0) is 13.8. The average molecular weight is 278 g/mol. The highest BCUT2D eigenvalue weighted by molar-refractivity contribution is 7.71. The molecule has 0 amide bonds. The minimum atomic E-state index is 0.597. The molecule has 19 heavy (non-hydrogen) atoms. The third-order valence-corrected chi connectivity index (χ3v) is 4.87. The summed E-state index contributed by atoms with van der Waals surface area (Å²) in [6, 6.07) is 0. The molecule has 106 valence electrons. The van der Waals surface area contributed by atoms with Gasteiger partial charge in [-0.05, 0) is 44.9 Å². The molecular weight excluding hydrogens is 252 g/mol. The second kappa shape index (κ2) is 6.65. The molecule has 2 rings (SSSR count). The van der Waals surface area contributed by atoms with Gasteiger partial charge in [-0.1, -0.05) is 38.9 Å². The van der Waals surface area contributed by atoms with Crippen LogP contribution in [0.3, 0.4) is 0 Å². The highest BCUT2D eigenvalue weighted by Crippen LogP contribution is 2.36. The van der Waals surface area contributed by atoms with Gasteiger partial charge in [-0.2, -0.15) is 0 Å². The number of nitrogens with zero attached hydrogens (tertiary/aromatic N) is 1. The fourth-order valence-corrected chi connectivity index (χ4v) is 3.77. The van der Waals surface area contributed by atoms with Crippen LogP contribution >= 0.6 is 12.2 Å². The molecule has 1 N–H and O–H groups in total. The van der Waals surface area contributed by atoms with Crippen molar-refractivity contribution < 1.29 is 0 Å². The van der Waals surface area contributed by atoms with Crippen molar-refractivity contribution in [3.05, 3.63) is 21.7 Å². The minimum absolute atomic E-state index is 0.597. The Balaban J connectivity index is 2.10. The number of nitrogens with one attached hydrogen (secondary N) is 1. The summed E-state index contributed by atoms with van der Waals surface area (Å²) in [5, 5.41) is 0. The van der Waals surface area contributed by atoms with Crippen molar-refractivity contribution in [1.29, 1.82) is 0 Å². The van der Waals surface area contributed by atoms with Gasteiger partial charge in [0.15, 0.2) is 0 Å². The molecule has 1 fully saturated rings. The number of aromatic amines is 1. The summed E-state index contributed by atoms with van der Waals surface area (Å²) in [7, 11) is 0. The van der Waals surface area contributed by atoms with Crippen molar-refractivity contribution in [3.63, 3.8) is 0 Å². The van der Waals surface area contributed by atoms with E-state index in [9.17, 15) is 0 Å². The minimum Gasteiger partial charge on any atom is -0.347 e. The number of H-pyrrole nitrogens is 1. The average Bonchev–Trinajstić information content (AvgIpc) is 2.39. The predicted octanol–water partition coefficient (Wildman–Crippen LogP) is 5.08. The number of rotatable bonds is 4. The molecule has 0 saturated heterocycles. The van der Waals surface area contributed by atoms with E-state index in [-0.39, 0.29) is 0 Å². The SMILES string of the molecule is CCCC1CCC(c2nc(=S)c(CC)c(C)[nH]2)CC1. The first kappa shape index (κ1) is 14.7. The first-order chi connectivity index (χ1) is 9.15. The van der Waals surface area contributed by atoms with E-state index in [1.54, 1.807) is 0 Å². The van der Waals surface area contributed by atoms with Gasteiger partial charge >= 0.3 is 0 Å². The van der Waals surface area contributed by atoms with E-state index in [0.717, 1.165) is 22.8 Å². The Morgan fingerprint density at radius 3 is 2.42 bits per heavy atom. The molecule has 0 spiro atoms. The molecule has 0 aliphatic heterocycles. The highest BCUT2D eigenvalue weighted by Gasteiger charge is 2.23. The quantitative estimate of drug-likeness (QED) is 0.778. The Morgan fingerprint density at radius 2 is 1.89 bits per heavy atom. The molecule has 1 aliphatic carbocycles. The summed E-state index contributed by atoms with van der Waals surface area (Å²) in [6.07, 6.45) is 8.94. The van der Waals surface area contributed by atoms with E-state index >= 15 is 0 Å². The first-order valence-corrected chi connectivity index (χ1v) is 8.16. The summed E-state index contributed by atoms with van der Waals surface area (Å²) in [5.41, 5.74) is 2.42. The summed E-state index contributed by atoms with van der Waals surface area (Å²) >= 11 is 5.43. The molecule has 1 heterocycles. The maximum atomic E-state index is 5.43. The number of aromatic nitrogens is 2.